The Morgan fingerprint density at radius 3 is 2.81 bits per heavy atom. The summed E-state index contributed by atoms with van der Waals surface area (Å²) in [7, 11) is 2.16. The molecule has 90 valence electrons. The molecule has 2 N–H and O–H groups in total. The fourth-order valence-electron chi connectivity index (χ4n) is 1.92. The van der Waals surface area contributed by atoms with Crippen molar-refractivity contribution in [1.29, 1.82) is 0 Å². The summed E-state index contributed by atoms with van der Waals surface area (Å²) in [4.78, 5) is 2.35. The molecule has 0 aliphatic carbocycles. The molecule has 0 bridgehead atoms. The van der Waals surface area contributed by atoms with Crippen LogP contribution in [0.25, 0.3) is 0 Å². The smallest absolute Gasteiger partial charge is 0.0231 e. The van der Waals surface area contributed by atoms with E-state index in [1.165, 1.54) is 5.56 Å². The molecule has 1 unspecified atom stereocenters. The highest BCUT2D eigenvalue weighted by molar-refractivity contribution is 9.10. The highest BCUT2D eigenvalue weighted by Crippen LogP contribution is 2.13. The molecular formula is C13H21BrN2. The topological polar surface area (TPSA) is 29.3 Å². The van der Waals surface area contributed by atoms with Crippen LogP contribution in [0.1, 0.15) is 18.9 Å². The molecule has 1 atom stereocenters. The van der Waals surface area contributed by atoms with E-state index < -0.39 is 0 Å². The van der Waals surface area contributed by atoms with Crippen molar-refractivity contribution in [3.05, 3.63) is 34.3 Å². The van der Waals surface area contributed by atoms with Gasteiger partial charge in [-0.05, 0) is 43.6 Å². The van der Waals surface area contributed by atoms with Crippen molar-refractivity contribution in [2.45, 2.75) is 19.9 Å². The Bertz CT molecular complexity index is 315. The van der Waals surface area contributed by atoms with Crippen molar-refractivity contribution in [1.82, 2.24) is 4.90 Å². The van der Waals surface area contributed by atoms with Crippen LogP contribution in [-0.2, 0) is 6.54 Å². The van der Waals surface area contributed by atoms with Crippen LogP contribution in [0.5, 0.6) is 0 Å². The van der Waals surface area contributed by atoms with Gasteiger partial charge < -0.3 is 10.6 Å². The molecule has 3 heteroatoms. The molecule has 0 aliphatic rings. The monoisotopic (exact) mass is 284 g/mol. The summed E-state index contributed by atoms with van der Waals surface area (Å²) in [5.41, 5.74) is 6.90. The molecule has 0 radical (unpaired) electrons. The maximum absolute atomic E-state index is 5.55. The van der Waals surface area contributed by atoms with Gasteiger partial charge in [-0.2, -0.15) is 0 Å². The average Bonchev–Trinajstić information content (AvgIpc) is 2.17. The SMILES string of the molecule is CC(CCN)CN(C)Cc1cccc(Br)c1. The van der Waals surface area contributed by atoms with Gasteiger partial charge in [0.1, 0.15) is 0 Å². The first-order valence-electron chi connectivity index (χ1n) is 5.75. The molecule has 0 aliphatic heterocycles. The van der Waals surface area contributed by atoms with E-state index in [0.29, 0.717) is 5.92 Å². The van der Waals surface area contributed by atoms with Gasteiger partial charge in [0.15, 0.2) is 0 Å². The van der Waals surface area contributed by atoms with Crippen LogP contribution in [0.3, 0.4) is 0 Å². The lowest BCUT2D eigenvalue weighted by atomic mass is 10.1. The van der Waals surface area contributed by atoms with Gasteiger partial charge in [0.05, 0.1) is 0 Å². The largest absolute Gasteiger partial charge is 0.330 e. The molecule has 0 aromatic heterocycles. The fourth-order valence-corrected chi connectivity index (χ4v) is 2.37. The third-order valence-electron chi connectivity index (χ3n) is 2.62. The van der Waals surface area contributed by atoms with Gasteiger partial charge in [-0.3, -0.25) is 0 Å². The van der Waals surface area contributed by atoms with E-state index in [4.69, 9.17) is 5.73 Å². The Labute approximate surface area is 107 Å². The quantitative estimate of drug-likeness (QED) is 0.871. The molecule has 0 spiro atoms. The van der Waals surface area contributed by atoms with Crippen molar-refractivity contribution in [3.8, 4) is 0 Å². The Kier molecular flexibility index (Phi) is 6.03. The number of nitrogens with two attached hydrogens (primary N) is 1. The maximum atomic E-state index is 5.55. The molecule has 0 saturated heterocycles. The van der Waals surface area contributed by atoms with Gasteiger partial charge in [0.25, 0.3) is 0 Å². The summed E-state index contributed by atoms with van der Waals surface area (Å²) < 4.78 is 1.15. The van der Waals surface area contributed by atoms with Crippen molar-refractivity contribution >= 4 is 15.9 Å². The van der Waals surface area contributed by atoms with E-state index in [1.54, 1.807) is 0 Å². The minimum Gasteiger partial charge on any atom is -0.330 e. The van der Waals surface area contributed by atoms with Crippen molar-refractivity contribution in [2.24, 2.45) is 11.7 Å². The number of halogens is 1. The van der Waals surface area contributed by atoms with Gasteiger partial charge in [-0.15, -0.1) is 0 Å². The summed E-state index contributed by atoms with van der Waals surface area (Å²) in [6.45, 7) is 5.13. The third kappa shape index (κ3) is 5.10. The van der Waals surface area contributed by atoms with Gasteiger partial charge in [-0.25, -0.2) is 0 Å². The summed E-state index contributed by atoms with van der Waals surface area (Å²) >= 11 is 3.49. The van der Waals surface area contributed by atoms with Gasteiger partial charge >= 0.3 is 0 Å². The minimum absolute atomic E-state index is 0.669. The van der Waals surface area contributed by atoms with Crippen molar-refractivity contribution in [3.63, 3.8) is 0 Å². The molecule has 1 aromatic rings. The predicted octanol–water partition coefficient (Wildman–Crippen LogP) is 2.87. The molecule has 16 heavy (non-hydrogen) atoms. The first-order chi connectivity index (χ1) is 7.61. The van der Waals surface area contributed by atoms with Crippen molar-refractivity contribution in [2.75, 3.05) is 20.1 Å². The van der Waals surface area contributed by atoms with E-state index >= 15 is 0 Å². The van der Waals surface area contributed by atoms with Crippen LogP contribution in [0.4, 0.5) is 0 Å². The Morgan fingerprint density at radius 1 is 1.44 bits per heavy atom. The van der Waals surface area contributed by atoms with Crippen LogP contribution in [0.15, 0.2) is 28.7 Å². The maximum Gasteiger partial charge on any atom is 0.0231 e. The first-order valence-corrected chi connectivity index (χ1v) is 6.54. The molecule has 0 saturated carbocycles. The minimum atomic E-state index is 0.669. The second kappa shape index (κ2) is 7.05. The number of benzene rings is 1. The molecular weight excluding hydrogens is 264 g/mol. The summed E-state index contributed by atoms with van der Waals surface area (Å²) in [5.74, 6) is 0.669. The molecule has 1 rings (SSSR count). The number of rotatable bonds is 6. The first kappa shape index (κ1) is 13.7. The van der Waals surface area contributed by atoms with Crippen LogP contribution in [-0.4, -0.2) is 25.0 Å². The van der Waals surface area contributed by atoms with Crippen LogP contribution < -0.4 is 5.73 Å². The lowest BCUT2D eigenvalue weighted by Gasteiger charge is -2.21. The lowest BCUT2D eigenvalue weighted by molar-refractivity contribution is 0.273. The predicted molar refractivity (Wildman–Crippen MR) is 73.3 cm³/mol. The van der Waals surface area contributed by atoms with Crippen LogP contribution in [0, 0.1) is 5.92 Å². The zero-order chi connectivity index (χ0) is 12.0. The zero-order valence-electron chi connectivity index (χ0n) is 10.1. The van der Waals surface area contributed by atoms with E-state index in [9.17, 15) is 0 Å². The lowest BCUT2D eigenvalue weighted by Crippen LogP contribution is -2.25. The third-order valence-corrected chi connectivity index (χ3v) is 3.12. The van der Waals surface area contributed by atoms with E-state index in [1.807, 2.05) is 0 Å². The molecule has 0 heterocycles. The van der Waals surface area contributed by atoms with Gasteiger partial charge in [0.2, 0.25) is 0 Å². The summed E-state index contributed by atoms with van der Waals surface area (Å²) in [6.07, 6.45) is 1.10. The van der Waals surface area contributed by atoms with Gasteiger partial charge in [-0.1, -0.05) is 35.0 Å². The highest BCUT2D eigenvalue weighted by atomic mass is 79.9. The Hall–Kier alpha value is -0.380. The normalized spacial score (nSPS) is 13.1. The molecule has 0 fully saturated rings. The highest BCUT2D eigenvalue weighted by Gasteiger charge is 2.06. The fraction of sp³-hybridized carbons (Fsp3) is 0.538. The second-order valence-electron chi connectivity index (χ2n) is 4.51. The molecule has 1 aromatic carbocycles. The Balaban J connectivity index is 2.42. The molecule has 0 amide bonds. The van der Waals surface area contributed by atoms with Crippen LogP contribution >= 0.6 is 15.9 Å². The number of nitrogens with zero attached hydrogens (tertiary/aromatic N) is 1. The number of hydrogen-bond donors (Lipinski definition) is 1. The summed E-state index contributed by atoms with van der Waals surface area (Å²) in [5, 5.41) is 0. The number of hydrogen-bond acceptors (Lipinski definition) is 2. The van der Waals surface area contributed by atoms with E-state index in [-0.39, 0.29) is 0 Å². The second-order valence-corrected chi connectivity index (χ2v) is 5.42. The van der Waals surface area contributed by atoms with E-state index in [0.717, 1.165) is 30.5 Å². The summed E-state index contributed by atoms with van der Waals surface area (Å²) in [6, 6.07) is 8.47. The molecule has 2 nitrogen and oxygen atoms in total. The van der Waals surface area contributed by atoms with Crippen LogP contribution in [0.2, 0.25) is 0 Å². The average molecular weight is 285 g/mol. The van der Waals surface area contributed by atoms with Crippen molar-refractivity contribution < 1.29 is 0 Å². The van der Waals surface area contributed by atoms with Gasteiger partial charge in [0, 0.05) is 17.6 Å². The standard InChI is InChI=1S/C13H21BrN2/c1-11(6-7-15)9-16(2)10-12-4-3-5-13(14)8-12/h3-5,8,11H,6-7,9-10,15H2,1-2H3. The van der Waals surface area contributed by atoms with E-state index in [2.05, 4.69) is 59.1 Å². The zero-order valence-corrected chi connectivity index (χ0v) is 11.7. The Morgan fingerprint density at radius 2 is 2.19 bits per heavy atom.